The van der Waals surface area contributed by atoms with E-state index in [-0.39, 0.29) is 17.6 Å². The maximum atomic E-state index is 12.5. The molecule has 4 rings (SSSR count). The number of amides is 1. The van der Waals surface area contributed by atoms with Gasteiger partial charge in [-0.25, -0.2) is 4.79 Å². The molecule has 1 heterocycles. The molecule has 1 aliphatic rings. The second-order valence-electron chi connectivity index (χ2n) is 8.23. The maximum absolute atomic E-state index is 12.5. The van der Waals surface area contributed by atoms with E-state index in [9.17, 15) is 9.59 Å². The third-order valence-corrected chi connectivity index (χ3v) is 6.73. The highest BCUT2D eigenvalue weighted by Gasteiger charge is 2.18. The normalized spacial score (nSPS) is 13.5. The van der Waals surface area contributed by atoms with Crippen LogP contribution in [0.3, 0.4) is 0 Å². The number of aromatic nitrogens is 3. The SMILES string of the molecule is CCOC(=O)c1ccc(NC(=O)CSc2nnc(-c3ccc(OC4CCCC4)cc3)n2CC)cc1. The van der Waals surface area contributed by atoms with Gasteiger partial charge in [0.1, 0.15) is 5.75 Å². The molecule has 0 unspecified atom stereocenters. The van der Waals surface area contributed by atoms with Crippen molar-refractivity contribution in [1.29, 1.82) is 0 Å². The predicted octanol–water partition coefficient (Wildman–Crippen LogP) is 5.19. The van der Waals surface area contributed by atoms with Crippen LogP contribution in [-0.2, 0) is 16.1 Å². The summed E-state index contributed by atoms with van der Waals surface area (Å²) in [5.74, 6) is 1.28. The van der Waals surface area contributed by atoms with Crippen LogP contribution in [0.4, 0.5) is 5.69 Å². The van der Waals surface area contributed by atoms with E-state index >= 15 is 0 Å². The van der Waals surface area contributed by atoms with Crippen LogP contribution >= 0.6 is 11.8 Å². The largest absolute Gasteiger partial charge is 0.490 e. The highest BCUT2D eigenvalue weighted by atomic mass is 32.2. The van der Waals surface area contributed by atoms with Gasteiger partial charge >= 0.3 is 5.97 Å². The number of hydrogen-bond donors (Lipinski definition) is 1. The van der Waals surface area contributed by atoms with Crippen molar-refractivity contribution in [1.82, 2.24) is 14.8 Å². The molecule has 0 radical (unpaired) electrons. The highest BCUT2D eigenvalue weighted by molar-refractivity contribution is 7.99. The van der Waals surface area contributed by atoms with Crippen LogP contribution < -0.4 is 10.1 Å². The Morgan fingerprint density at radius 3 is 2.40 bits per heavy atom. The van der Waals surface area contributed by atoms with Crippen LogP contribution in [-0.4, -0.2) is 45.1 Å². The number of nitrogens with one attached hydrogen (secondary N) is 1. The number of esters is 1. The van der Waals surface area contributed by atoms with Crippen molar-refractivity contribution in [3.63, 3.8) is 0 Å². The third-order valence-electron chi connectivity index (χ3n) is 5.76. The number of carbonyl (C=O) groups excluding carboxylic acids is 2. The molecular weight excluding hydrogens is 464 g/mol. The fourth-order valence-electron chi connectivity index (χ4n) is 4.01. The molecule has 3 aromatic rings. The second-order valence-corrected chi connectivity index (χ2v) is 9.18. The Bertz CT molecular complexity index is 1140. The van der Waals surface area contributed by atoms with Crippen molar-refractivity contribution in [2.24, 2.45) is 0 Å². The fraction of sp³-hybridized carbons (Fsp3) is 0.385. The standard InChI is InChI=1S/C26H30N4O4S/c1-3-30-24(18-11-15-22(16-12-18)34-21-7-5-6-8-21)28-29-26(30)35-17-23(31)27-20-13-9-19(10-14-20)25(32)33-4-2/h9-16,21H,3-8,17H2,1-2H3,(H,27,31). The lowest BCUT2D eigenvalue weighted by atomic mass is 10.2. The number of hydrogen-bond acceptors (Lipinski definition) is 7. The van der Waals surface area contributed by atoms with Gasteiger partial charge in [-0.1, -0.05) is 11.8 Å². The smallest absolute Gasteiger partial charge is 0.338 e. The van der Waals surface area contributed by atoms with Crippen molar-refractivity contribution in [2.75, 3.05) is 17.7 Å². The number of carbonyl (C=O) groups is 2. The number of thioether (sulfide) groups is 1. The predicted molar refractivity (Wildman–Crippen MR) is 136 cm³/mol. The van der Waals surface area contributed by atoms with E-state index in [0.717, 1.165) is 30.0 Å². The van der Waals surface area contributed by atoms with E-state index in [1.54, 1.807) is 31.2 Å². The lowest BCUT2D eigenvalue weighted by Crippen LogP contribution is -2.15. The van der Waals surface area contributed by atoms with Crippen LogP contribution in [0.5, 0.6) is 5.75 Å². The average Bonchev–Trinajstić information content (AvgIpc) is 3.53. The summed E-state index contributed by atoms with van der Waals surface area (Å²) in [5.41, 5.74) is 2.01. The Morgan fingerprint density at radius 2 is 1.74 bits per heavy atom. The number of anilines is 1. The molecule has 0 atom stereocenters. The minimum absolute atomic E-state index is 0.167. The van der Waals surface area contributed by atoms with E-state index in [2.05, 4.69) is 15.5 Å². The summed E-state index contributed by atoms with van der Waals surface area (Å²) < 4.78 is 13.0. The van der Waals surface area contributed by atoms with Gasteiger partial charge in [-0.05, 0) is 88.1 Å². The molecule has 0 bridgehead atoms. The van der Waals surface area contributed by atoms with E-state index in [1.165, 1.54) is 24.6 Å². The van der Waals surface area contributed by atoms with Crippen molar-refractivity contribution in [2.45, 2.75) is 57.3 Å². The molecule has 184 valence electrons. The minimum Gasteiger partial charge on any atom is -0.490 e. The molecule has 0 saturated heterocycles. The lowest BCUT2D eigenvalue weighted by Gasteiger charge is -2.13. The Labute approximate surface area is 209 Å². The highest BCUT2D eigenvalue weighted by Crippen LogP contribution is 2.28. The fourth-order valence-corrected chi connectivity index (χ4v) is 4.81. The molecule has 9 heteroatoms. The van der Waals surface area contributed by atoms with Crippen molar-refractivity contribution in [3.05, 3.63) is 54.1 Å². The van der Waals surface area contributed by atoms with Gasteiger partial charge in [0, 0.05) is 17.8 Å². The Kier molecular flexibility index (Phi) is 8.41. The van der Waals surface area contributed by atoms with Gasteiger partial charge in [0.2, 0.25) is 5.91 Å². The molecule has 35 heavy (non-hydrogen) atoms. The van der Waals surface area contributed by atoms with Crippen molar-refractivity contribution < 1.29 is 19.1 Å². The quantitative estimate of drug-likeness (QED) is 0.306. The van der Waals surface area contributed by atoms with Gasteiger partial charge in [-0.2, -0.15) is 0 Å². The van der Waals surface area contributed by atoms with E-state index in [4.69, 9.17) is 9.47 Å². The molecular formula is C26H30N4O4S. The molecule has 1 aliphatic carbocycles. The zero-order chi connectivity index (χ0) is 24.6. The lowest BCUT2D eigenvalue weighted by molar-refractivity contribution is -0.113. The first-order valence-corrected chi connectivity index (χ1v) is 13.0. The molecule has 0 aliphatic heterocycles. The summed E-state index contributed by atoms with van der Waals surface area (Å²) in [5, 5.41) is 12.2. The Balaban J connectivity index is 1.34. The summed E-state index contributed by atoms with van der Waals surface area (Å²) in [7, 11) is 0. The first-order chi connectivity index (χ1) is 17.1. The molecule has 1 saturated carbocycles. The summed E-state index contributed by atoms with van der Waals surface area (Å²) in [6.45, 7) is 4.79. The van der Waals surface area contributed by atoms with Crippen LogP contribution in [0.1, 0.15) is 49.9 Å². The van der Waals surface area contributed by atoms with Crippen LogP contribution in [0.2, 0.25) is 0 Å². The monoisotopic (exact) mass is 494 g/mol. The summed E-state index contributed by atoms with van der Waals surface area (Å²) in [6, 6.07) is 14.6. The number of ether oxygens (including phenoxy) is 2. The maximum Gasteiger partial charge on any atom is 0.338 e. The Hall–Kier alpha value is -3.33. The van der Waals surface area contributed by atoms with Crippen LogP contribution in [0.25, 0.3) is 11.4 Å². The van der Waals surface area contributed by atoms with Gasteiger partial charge in [0.05, 0.1) is 24.0 Å². The minimum atomic E-state index is -0.383. The van der Waals surface area contributed by atoms with Crippen molar-refractivity contribution in [3.8, 4) is 17.1 Å². The molecule has 1 aromatic heterocycles. The summed E-state index contributed by atoms with van der Waals surface area (Å²) in [4.78, 5) is 24.2. The molecule has 2 aromatic carbocycles. The first kappa shape index (κ1) is 24.8. The molecule has 8 nitrogen and oxygen atoms in total. The zero-order valence-electron chi connectivity index (χ0n) is 20.0. The second kappa shape index (κ2) is 11.9. The van der Waals surface area contributed by atoms with Gasteiger partial charge < -0.3 is 19.4 Å². The topological polar surface area (TPSA) is 95.3 Å². The molecule has 0 spiro atoms. The zero-order valence-corrected chi connectivity index (χ0v) is 20.8. The third kappa shape index (κ3) is 6.42. The van der Waals surface area contributed by atoms with E-state index in [1.807, 2.05) is 35.8 Å². The van der Waals surface area contributed by atoms with Gasteiger partial charge in [-0.3, -0.25) is 4.79 Å². The number of rotatable bonds is 10. The molecule has 1 N–H and O–H groups in total. The van der Waals surface area contributed by atoms with E-state index < -0.39 is 0 Å². The van der Waals surface area contributed by atoms with Crippen molar-refractivity contribution >= 4 is 29.3 Å². The van der Waals surface area contributed by atoms with Gasteiger partial charge in [0.25, 0.3) is 0 Å². The summed E-state index contributed by atoms with van der Waals surface area (Å²) >= 11 is 1.33. The van der Waals surface area contributed by atoms with E-state index in [0.29, 0.717) is 35.7 Å². The summed E-state index contributed by atoms with van der Waals surface area (Å²) in [6.07, 6.45) is 5.05. The van der Waals surface area contributed by atoms with Crippen LogP contribution in [0.15, 0.2) is 53.7 Å². The average molecular weight is 495 g/mol. The van der Waals surface area contributed by atoms with Gasteiger partial charge in [-0.15, -0.1) is 10.2 Å². The van der Waals surface area contributed by atoms with Crippen LogP contribution in [0, 0.1) is 0 Å². The molecule has 1 amide bonds. The first-order valence-electron chi connectivity index (χ1n) is 12.0. The molecule has 1 fully saturated rings. The van der Waals surface area contributed by atoms with Gasteiger partial charge in [0.15, 0.2) is 11.0 Å². The number of nitrogens with zero attached hydrogens (tertiary/aromatic N) is 3. The Morgan fingerprint density at radius 1 is 1.03 bits per heavy atom. The number of benzene rings is 2.